The zero-order chi connectivity index (χ0) is 9.12. The van der Waals surface area contributed by atoms with Crippen LogP contribution in [0.15, 0.2) is 0 Å². The summed E-state index contributed by atoms with van der Waals surface area (Å²) in [7, 11) is 6.66. The van der Waals surface area contributed by atoms with Crippen LogP contribution >= 0.6 is 0 Å². The first-order chi connectivity index (χ1) is 4.71. The lowest BCUT2D eigenvalue weighted by atomic mass is 9.65. The van der Waals surface area contributed by atoms with Crippen LogP contribution < -0.4 is 0 Å². The molecular weight excluding hydrogens is 139 g/mol. The number of hydrogen-bond acceptors (Lipinski definition) is 3. The predicted molar refractivity (Wildman–Crippen MR) is 54.9 cm³/mol. The summed E-state index contributed by atoms with van der Waals surface area (Å²) >= 11 is 0. The molecule has 0 aliphatic rings. The minimum atomic E-state index is -0.814. The summed E-state index contributed by atoms with van der Waals surface area (Å²) in [5.41, 5.74) is 0. The number of hydrogen-bond donors (Lipinski definition) is 2. The van der Waals surface area contributed by atoms with Crippen LogP contribution in [0.1, 0.15) is 0 Å². The Morgan fingerprint density at radius 3 is 1.36 bits per heavy atom. The van der Waals surface area contributed by atoms with Gasteiger partial charge >= 0.3 is 0 Å². The third kappa shape index (κ3) is 10.1. The van der Waals surface area contributed by atoms with Crippen molar-refractivity contribution in [3.63, 3.8) is 0 Å². The van der Waals surface area contributed by atoms with Gasteiger partial charge in [-0.05, 0) is 0 Å². The van der Waals surface area contributed by atoms with Crippen LogP contribution in [0.2, 0.25) is 0 Å². The van der Waals surface area contributed by atoms with Gasteiger partial charge in [-0.25, -0.2) is 0 Å². The SMILES string of the molecule is BC(B)(O)COCC(B)(B)O. The zero-order valence-electron chi connectivity index (χ0n) is 7.72. The highest BCUT2D eigenvalue weighted by atomic mass is 16.5. The van der Waals surface area contributed by atoms with Crippen LogP contribution in [0.4, 0.5) is 0 Å². The second kappa shape index (κ2) is 3.70. The number of rotatable bonds is 4. The molecule has 0 aliphatic carbocycles. The molecule has 0 heterocycles. The Balaban J connectivity index is 3.44. The third-order valence-electron chi connectivity index (χ3n) is 0.911. The van der Waals surface area contributed by atoms with Gasteiger partial charge in [0.15, 0.2) is 0 Å². The maximum absolute atomic E-state index is 9.21. The van der Waals surface area contributed by atoms with Crippen molar-refractivity contribution in [2.45, 2.75) is 10.8 Å². The van der Waals surface area contributed by atoms with E-state index < -0.39 is 10.8 Å². The fourth-order valence-corrected chi connectivity index (χ4v) is 0.551. The zero-order valence-corrected chi connectivity index (χ0v) is 7.72. The van der Waals surface area contributed by atoms with Crippen molar-refractivity contribution in [3.05, 3.63) is 0 Å². The van der Waals surface area contributed by atoms with Gasteiger partial charge in [-0.1, -0.05) is 0 Å². The van der Waals surface area contributed by atoms with Crippen molar-refractivity contribution in [3.8, 4) is 0 Å². The van der Waals surface area contributed by atoms with Crippen LogP contribution in [0, 0.1) is 0 Å². The normalized spacial score (nSPS) is 13.3. The molecule has 0 unspecified atom stereocenters. The van der Waals surface area contributed by atoms with E-state index in [9.17, 15) is 10.2 Å². The predicted octanol–water partition coefficient (Wildman–Crippen LogP) is -5.17. The van der Waals surface area contributed by atoms with Crippen molar-refractivity contribution in [1.29, 1.82) is 0 Å². The molecular formula is C4H14B4O3. The van der Waals surface area contributed by atoms with Gasteiger partial charge in [0, 0.05) is 10.8 Å². The summed E-state index contributed by atoms with van der Waals surface area (Å²) in [5.74, 6) is 0. The molecule has 0 atom stereocenters. The molecule has 0 aromatic heterocycles. The second-order valence-electron chi connectivity index (χ2n) is 4.12. The van der Waals surface area contributed by atoms with Crippen LogP contribution in [0.5, 0.6) is 0 Å². The lowest BCUT2D eigenvalue weighted by Crippen LogP contribution is -2.40. The molecule has 0 amide bonds. The van der Waals surface area contributed by atoms with Crippen LogP contribution in [-0.4, -0.2) is 65.6 Å². The van der Waals surface area contributed by atoms with E-state index in [0.717, 1.165) is 0 Å². The highest BCUT2D eigenvalue weighted by Crippen LogP contribution is 1.96. The van der Waals surface area contributed by atoms with E-state index in [1.54, 1.807) is 31.4 Å². The molecule has 0 spiro atoms. The van der Waals surface area contributed by atoms with E-state index in [4.69, 9.17) is 4.74 Å². The van der Waals surface area contributed by atoms with E-state index in [-0.39, 0.29) is 13.2 Å². The molecule has 7 heteroatoms. The van der Waals surface area contributed by atoms with Gasteiger partial charge in [-0.15, -0.1) is 0 Å². The van der Waals surface area contributed by atoms with Crippen LogP contribution in [-0.2, 0) is 4.74 Å². The Bertz CT molecular complexity index is 101. The summed E-state index contributed by atoms with van der Waals surface area (Å²) in [5, 5.41) is 16.8. The van der Waals surface area contributed by atoms with E-state index in [0.29, 0.717) is 0 Å². The lowest BCUT2D eigenvalue weighted by molar-refractivity contribution is 0.0126. The second-order valence-corrected chi connectivity index (χ2v) is 4.12. The monoisotopic (exact) mass is 154 g/mol. The van der Waals surface area contributed by atoms with Gasteiger partial charge in [0.05, 0.1) is 13.2 Å². The summed E-state index contributed by atoms with van der Waals surface area (Å²) in [6.07, 6.45) is 0. The molecule has 3 nitrogen and oxygen atoms in total. The summed E-state index contributed by atoms with van der Waals surface area (Å²) in [6.45, 7) is 0.494. The highest BCUT2D eigenvalue weighted by Gasteiger charge is 2.17. The molecule has 0 aromatic carbocycles. The van der Waals surface area contributed by atoms with Crippen molar-refractivity contribution in [1.82, 2.24) is 0 Å². The van der Waals surface area contributed by atoms with Crippen LogP contribution in [0.25, 0.3) is 0 Å². The molecule has 60 valence electrons. The standard InChI is InChI=1S/C4H14B4O3/c5-3(6,9)1-11-2-4(7,8)10/h9-10H,1-2,5-8H2. The Morgan fingerprint density at radius 2 is 1.18 bits per heavy atom. The maximum Gasteiger partial charge on any atom is 0.134 e. The number of aliphatic hydroxyl groups is 2. The topological polar surface area (TPSA) is 49.7 Å². The molecule has 0 saturated heterocycles. The molecule has 0 aliphatic heterocycles. The molecule has 0 fully saturated rings. The number of ether oxygens (including phenoxy) is 1. The molecule has 2 N–H and O–H groups in total. The minimum Gasteiger partial charge on any atom is -0.405 e. The summed E-state index contributed by atoms with van der Waals surface area (Å²) in [6, 6.07) is 0. The van der Waals surface area contributed by atoms with Gasteiger partial charge in [0.25, 0.3) is 0 Å². The van der Waals surface area contributed by atoms with Crippen molar-refractivity contribution >= 4 is 31.4 Å². The molecule has 0 bridgehead atoms. The lowest BCUT2D eigenvalue weighted by Gasteiger charge is -2.22. The first-order valence-electron chi connectivity index (χ1n) is 3.73. The Hall–Kier alpha value is 0.140. The Morgan fingerprint density at radius 1 is 0.909 bits per heavy atom. The van der Waals surface area contributed by atoms with E-state index in [1.165, 1.54) is 0 Å². The average Bonchev–Trinajstić information content (AvgIpc) is 1.55. The fraction of sp³-hybridized carbons (Fsp3) is 1.00. The Labute approximate surface area is 71.1 Å². The molecule has 11 heavy (non-hydrogen) atoms. The maximum atomic E-state index is 9.21. The van der Waals surface area contributed by atoms with E-state index in [1.807, 2.05) is 0 Å². The first-order valence-corrected chi connectivity index (χ1v) is 3.73. The minimum absolute atomic E-state index is 0.247. The van der Waals surface area contributed by atoms with Crippen molar-refractivity contribution < 1.29 is 14.9 Å². The molecule has 0 saturated carbocycles. The van der Waals surface area contributed by atoms with Gasteiger partial charge in [-0.3, -0.25) is 0 Å². The quantitative estimate of drug-likeness (QED) is 0.397. The molecule has 0 rings (SSSR count). The summed E-state index contributed by atoms with van der Waals surface area (Å²) in [4.78, 5) is 0. The van der Waals surface area contributed by atoms with E-state index in [2.05, 4.69) is 0 Å². The van der Waals surface area contributed by atoms with Gasteiger partial charge in [-0.2, -0.15) is 0 Å². The smallest absolute Gasteiger partial charge is 0.134 e. The average molecular weight is 153 g/mol. The van der Waals surface area contributed by atoms with Gasteiger partial charge in [0.2, 0.25) is 0 Å². The van der Waals surface area contributed by atoms with E-state index >= 15 is 0 Å². The molecule has 0 aromatic rings. The largest absolute Gasteiger partial charge is 0.405 e. The van der Waals surface area contributed by atoms with Gasteiger partial charge < -0.3 is 14.9 Å². The highest BCUT2D eigenvalue weighted by molar-refractivity contribution is 6.39. The Kier molecular flexibility index (Phi) is 3.74. The molecule has 0 radical (unpaired) electrons. The third-order valence-corrected chi connectivity index (χ3v) is 0.911. The summed E-state index contributed by atoms with van der Waals surface area (Å²) < 4.78 is 5.06. The van der Waals surface area contributed by atoms with Gasteiger partial charge in [0.1, 0.15) is 31.4 Å². The van der Waals surface area contributed by atoms with Crippen molar-refractivity contribution in [2.75, 3.05) is 13.2 Å². The fourth-order valence-electron chi connectivity index (χ4n) is 0.551. The van der Waals surface area contributed by atoms with Crippen molar-refractivity contribution in [2.24, 2.45) is 0 Å². The van der Waals surface area contributed by atoms with Crippen LogP contribution in [0.3, 0.4) is 0 Å². The first kappa shape index (κ1) is 11.1.